The van der Waals surface area contributed by atoms with E-state index in [9.17, 15) is 14.9 Å². The average Bonchev–Trinajstić information content (AvgIpc) is 2.81. The highest BCUT2D eigenvalue weighted by molar-refractivity contribution is 5.94. The SMILES string of the molecule is O=C(C[NH+]1CCN(c2ccc([N+](=O)[O-])c[nH+]2)CC1)N(c1ccccc1)C1CCCCC1. The van der Waals surface area contributed by atoms with Crippen LogP contribution in [0.15, 0.2) is 48.7 Å². The molecule has 1 saturated heterocycles. The lowest BCUT2D eigenvalue weighted by atomic mass is 9.93. The van der Waals surface area contributed by atoms with Crippen molar-refractivity contribution < 1.29 is 19.6 Å². The molecular weight excluding hydrogens is 394 g/mol. The quantitative estimate of drug-likeness (QED) is 0.561. The Balaban J connectivity index is 1.37. The second kappa shape index (κ2) is 9.87. The van der Waals surface area contributed by atoms with Gasteiger partial charge in [0.1, 0.15) is 26.2 Å². The van der Waals surface area contributed by atoms with Crippen LogP contribution < -0.4 is 19.7 Å². The van der Waals surface area contributed by atoms with Gasteiger partial charge >= 0.3 is 5.69 Å². The third-order valence-electron chi connectivity index (χ3n) is 6.45. The van der Waals surface area contributed by atoms with Crippen molar-refractivity contribution >= 4 is 23.1 Å². The zero-order chi connectivity index (χ0) is 21.6. The molecule has 2 heterocycles. The van der Waals surface area contributed by atoms with Crippen LogP contribution in [0.2, 0.25) is 0 Å². The van der Waals surface area contributed by atoms with Crippen LogP contribution in [0.4, 0.5) is 17.2 Å². The lowest BCUT2D eigenvalue weighted by Crippen LogP contribution is -3.16. The van der Waals surface area contributed by atoms with Gasteiger partial charge in [0, 0.05) is 23.9 Å². The summed E-state index contributed by atoms with van der Waals surface area (Å²) < 4.78 is 0. The van der Waals surface area contributed by atoms with Crippen molar-refractivity contribution in [2.24, 2.45) is 0 Å². The Hall–Kier alpha value is -3.00. The fourth-order valence-electron chi connectivity index (χ4n) is 4.74. The first-order chi connectivity index (χ1) is 15.1. The predicted molar refractivity (Wildman–Crippen MR) is 118 cm³/mol. The molecule has 1 saturated carbocycles. The number of para-hydroxylation sites is 1. The van der Waals surface area contributed by atoms with Crippen LogP contribution in [0.1, 0.15) is 32.1 Å². The molecule has 8 nitrogen and oxygen atoms in total. The van der Waals surface area contributed by atoms with Gasteiger partial charge in [0.05, 0.1) is 4.92 Å². The number of aromatic amines is 1. The second-order valence-electron chi connectivity index (χ2n) is 8.49. The Labute approximate surface area is 182 Å². The maximum absolute atomic E-state index is 13.4. The summed E-state index contributed by atoms with van der Waals surface area (Å²) in [7, 11) is 0. The maximum Gasteiger partial charge on any atom is 0.308 e. The summed E-state index contributed by atoms with van der Waals surface area (Å²) in [5, 5.41) is 10.8. The highest BCUT2D eigenvalue weighted by atomic mass is 16.6. The van der Waals surface area contributed by atoms with E-state index in [4.69, 9.17) is 0 Å². The molecule has 1 aliphatic carbocycles. The summed E-state index contributed by atoms with van der Waals surface area (Å²) in [6, 6.07) is 13.7. The molecule has 0 bridgehead atoms. The summed E-state index contributed by atoms with van der Waals surface area (Å²) >= 11 is 0. The molecule has 2 aromatic rings. The van der Waals surface area contributed by atoms with Crippen molar-refractivity contribution in [1.82, 2.24) is 0 Å². The van der Waals surface area contributed by atoms with Crippen LogP contribution in [-0.2, 0) is 4.79 Å². The van der Waals surface area contributed by atoms with E-state index in [0.717, 1.165) is 50.5 Å². The maximum atomic E-state index is 13.4. The number of hydrogen-bond donors (Lipinski definition) is 1. The van der Waals surface area contributed by atoms with E-state index in [1.54, 1.807) is 6.07 Å². The number of pyridine rings is 1. The van der Waals surface area contributed by atoms with Crippen molar-refractivity contribution in [2.45, 2.75) is 38.1 Å². The van der Waals surface area contributed by atoms with E-state index in [1.165, 1.54) is 36.4 Å². The number of carbonyl (C=O) groups excluding carboxylic acids is 1. The molecule has 8 heteroatoms. The lowest BCUT2D eigenvalue weighted by molar-refractivity contribution is -0.892. The topological polar surface area (TPSA) is 85.3 Å². The van der Waals surface area contributed by atoms with Gasteiger partial charge in [-0.1, -0.05) is 37.5 Å². The lowest BCUT2D eigenvalue weighted by Gasteiger charge is -2.36. The summed E-state index contributed by atoms with van der Waals surface area (Å²) in [6.07, 6.45) is 7.25. The molecule has 31 heavy (non-hydrogen) atoms. The van der Waals surface area contributed by atoms with Gasteiger partial charge in [-0.3, -0.25) is 19.8 Å². The Kier molecular flexibility index (Phi) is 6.76. The molecule has 0 atom stereocenters. The number of quaternary nitrogens is 1. The smallest absolute Gasteiger partial charge is 0.308 e. The molecule has 0 spiro atoms. The van der Waals surface area contributed by atoms with Crippen molar-refractivity contribution in [1.29, 1.82) is 0 Å². The summed E-state index contributed by atoms with van der Waals surface area (Å²) in [4.78, 5) is 32.4. The first-order valence-electron chi connectivity index (χ1n) is 11.2. The number of rotatable bonds is 6. The molecule has 164 valence electrons. The zero-order valence-corrected chi connectivity index (χ0v) is 17.8. The first kappa shape index (κ1) is 21.2. The Morgan fingerprint density at radius 3 is 2.42 bits per heavy atom. The highest BCUT2D eigenvalue weighted by Crippen LogP contribution is 2.27. The van der Waals surface area contributed by atoms with Gasteiger partial charge < -0.3 is 9.80 Å². The normalized spacial score (nSPS) is 18.0. The minimum atomic E-state index is -0.404. The second-order valence-corrected chi connectivity index (χ2v) is 8.49. The Bertz CT molecular complexity index is 876. The molecule has 0 radical (unpaired) electrons. The summed E-state index contributed by atoms with van der Waals surface area (Å²) in [5.74, 6) is 1.09. The molecule has 2 fully saturated rings. The largest absolute Gasteiger partial charge is 0.321 e. The number of nitro groups is 1. The molecule has 1 aromatic carbocycles. The van der Waals surface area contributed by atoms with Gasteiger partial charge in [-0.25, -0.2) is 4.98 Å². The van der Waals surface area contributed by atoms with E-state index >= 15 is 0 Å². The molecule has 2 N–H and O–H groups in total. The Morgan fingerprint density at radius 1 is 1.10 bits per heavy atom. The molecule has 4 rings (SSSR count). The monoisotopic (exact) mass is 425 g/mol. The molecule has 1 amide bonds. The highest BCUT2D eigenvalue weighted by Gasteiger charge is 2.32. The third-order valence-corrected chi connectivity index (χ3v) is 6.45. The number of anilines is 2. The third kappa shape index (κ3) is 5.19. The first-order valence-corrected chi connectivity index (χ1v) is 11.2. The van der Waals surface area contributed by atoms with Crippen molar-refractivity contribution in [3.8, 4) is 0 Å². The average molecular weight is 426 g/mol. The Morgan fingerprint density at radius 2 is 1.81 bits per heavy atom. The standard InChI is InChI=1S/C23H29N5O3/c29-23(27(19-7-3-1-4-8-19)20-9-5-2-6-10-20)18-25-13-15-26(16-14-25)22-12-11-21(17-24-22)28(30)31/h1,3-4,7-8,11-12,17,20H,2,5-6,9-10,13-16,18H2/p+2. The minimum Gasteiger partial charge on any atom is -0.321 e. The number of nitrogens with zero attached hydrogens (tertiary/aromatic N) is 3. The zero-order valence-electron chi connectivity index (χ0n) is 17.8. The number of H-pyrrole nitrogens is 1. The van der Waals surface area contributed by atoms with E-state index in [1.807, 2.05) is 30.3 Å². The van der Waals surface area contributed by atoms with Crippen molar-refractivity contribution in [3.63, 3.8) is 0 Å². The van der Waals surface area contributed by atoms with Gasteiger partial charge in [0.15, 0.2) is 12.7 Å². The fourth-order valence-corrected chi connectivity index (χ4v) is 4.74. The van der Waals surface area contributed by atoms with Gasteiger partial charge in [0.25, 0.3) is 11.7 Å². The number of hydrogen-bond acceptors (Lipinski definition) is 4. The van der Waals surface area contributed by atoms with Gasteiger partial charge in [0.2, 0.25) is 0 Å². The van der Waals surface area contributed by atoms with Crippen LogP contribution in [0.5, 0.6) is 0 Å². The molecule has 1 aromatic heterocycles. The van der Waals surface area contributed by atoms with Gasteiger partial charge in [-0.05, 0) is 25.0 Å². The fraction of sp³-hybridized carbons (Fsp3) is 0.478. The van der Waals surface area contributed by atoms with Crippen LogP contribution in [0, 0.1) is 10.1 Å². The number of aromatic nitrogens is 1. The molecular formula is C23H31N5O3+2. The van der Waals surface area contributed by atoms with E-state index in [-0.39, 0.29) is 11.6 Å². The van der Waals surface area contributed by atoms with Crippen molar-refractivity contribution in [2.75, 3.05) is 42.5 Å². The summed E-state index contributed by atoms with van der Waals surface area (Å²) in [6.45, 7) is 3.86. The number of amides is 1. The van der Waals surface area contributed by atoms with Crippen LogP contribution in [-0.4, -0.2) is 49.6 Å². The van der Waals surface area contributed by atoms with Crippen LogP contribution in [0.25, 0.3) is 0 Å². The predicted octanol–water partition coefficient (Wildman–Crippen LogP) is 1.48. The van der Waals surface area contributed by atoms with E-state index < -0.39 is 4.92 Å². The molecule has 0 unspecified atom stereocenters. The minimum absolute atomic E-state index is 0.0577. The molecule has 1 aliphatic heterocycles. The van der Waals surface area contributed by atoms with Gasteiger partial charge in [-0.15, -0.1) is 0 Å². The number of nitrogens with one attached hydrogen (secondary N) is 2. The summed E-state index contributed by atoms with van der Waals surface area (Å²) in [5.41, 5.74) is 1.07. The number of benzene rings is 1. The molecule has 2 aliphatic rings. The van der Waals surface area contributed by atoms with Crippen LogP contribution in [0.3, 0.4) is 0 Å². The van der Waals surface area contributed by atoms with E-state index in [2.05, 4.69) is 14.8 Å². The van der Waals surface area contributed by atoms with Crippen LogP contribution >= 0.6 is 0 Å². The van der Waals surface area contributed by atoms with E-state index in [0.29, 0.717) is 12.6 Å². The van der Waals surface area contributed by atoms with Crippen molar-refractivity contribution in [3.05, 3.63) is 58.8 Å². The number of carbonyl (C=O) groups is 1. The number of piperazine rings is 1. The van der Waals surface area contributed by atoms with Gasteiger partial charge in [-0.2, -0.15) is 0 Å².